The van der Waals surface area contributed by atoms with Crippen molar-refractivity contribution >= 4 is 11.7 Å². The van der Waals surface area contributed by atoms with Crippen LogP contribution in [-0.4, -0.2) is 37.8 Å². The molecule has 0 saturated heterocycles. The average molecular weight is 258 g/mol. The summed E-state index contributed by atoms with van der Waals surface area (Å²) < 4.78 is 0. The van der Waals surface area contributed by atoms with Crippen molar-refractivity contribution in [1.82, 2.24) is 15.0 Å². The molecule has 1 atom stereocenters. The highest BCUT2D eigenvalue weighted by molar-refractivity contribution is 5.98. The highest BCUT2D eigenvalue weighted by Crippen LogP contribution is 2.06. The van der Waals surface area contributed by atoms with Gasteiger partial charge in [-0.05, 0) is 19.1 Å². The van der Waals surface area contributed by atoms with Crippen molar-refractivity contribution in [2.24, 2.45) is 4.99 Å². The number of aliphatic imine (C=N–C) groups is 1. The SMILES string of the molecule is CC(=N[C@@H](Cc1cnc[nH]1)C(=O)O)c1ccccn1. The van der Waals surface area contributed by atoms with Crippen LogP contribution in [0.5, 0.6) is 0 Å². The topological polar surface area (TPSA) is 91.2 Å². The molecule has 2 N–H and O–H groups in total. The van der Waals surface area contributed by atoms with E-state index in [-0.39, 0.29) is 6.42 Å². The Morgan fingerprint density at radius 1 is 1.53 bits per heavy atom. The number of carboxylic acids is 1. The van der Waals surface area contributed by atoms with Crippen molar-refractivity contribution in [1.29, 1.82) is 0 Å². The first-order valence-corrected chi connectivity index (χ1v) is 5.82. The first kappa shape index (κ1) is 12.9. The summed E-state index contributed by atoms with van der Waals surface area (Å²) in [6, 6.07) is 4.60. The van der Waals surface area contributed by atoms with Gasteiger partial charge in [0, 0.05) is 24.5 Å². The van der Waals surface area contributed by atoms with Gasteiger partial charge in [-0.2, -0.15) is 0 Å². The van der Waals surface area contributed by atoms with Crippen molar-refractivity contribution in [3.63, 3.8) is 0 Å². The maximum absolute atomic E-state index is 11.2. The number of aromatic nitrogens is 3. The first-order chi connectivity index (χ1) is 9.16. The number of pyridine rings is 1. The number of rotatable bonds is 5. The average Bonchev–Trinajstić information content (AvgIpc) is 2.91. The minimum absolute atomic E-state index is 0.277. The van der Waals surface area contributed by atoms with Crippen LogP contribution in [0.3, 0.4) is 0 Å². The lowest BCUT2D eigenvalue weighted by Crippen LogP contribution is -2.22. The fraction of sp³-hybridized carbons (Fsp3) is 0.231. The molecule has 0 aliphatic carbocycles. The summed E-state index contributed by atoms with van der Waals surface area (Å²) >= 11 is 0. The van der Waals surface area contributed by atoms with Crippen LogP contribution in [0.25, 0.3) is 0 Å². The fourth-order valence-corrected chi connectivity index (χ4v) is 1.67. The highest BCUT2D eigenvalue weighted by Gasteiger charge is 2.18. The van der Waals surface area contributed by atoms with Gasteiger partial charge < -0.3 is 10.1 Å². The van der Waals surface area contributed by atoms with Crippen molar-refractivity contribution < 1.29 is 9.90 Å². The molecule has 0 amide bonds. The van der Waals surface area contributed by atoms with E-state index in [0.29, 0.717) is 11.4 Å². The molecular weight excluding hydrogens is 244 g/mol. The van der Waals surface area contributed by atoms with E-state index in [4.69, 9.17) is 0 Å². The van der Waals surface area contributed by atoms with Gasteiger partial charge in [-0.3, -0.25) is 9.98 Å². The zero-order valence-electron chi connectivity index (χ0n) is 10.4. The summed E-state index contributed by atoms with van der Waals surface area (Å²) in [6.45, 7) is 1.76. The molecule has 2 rings (SSSR count). The third kappa shape index (κ3) is 3.48. The third-order valence-corrected chi connectivity index (χ3v) is 2.64. The smallest absolute Gasteiger partial charge is 0.328 e. The number of nitrogens with zero attached hydrogens (tertiary/aromatic N) is 3. The molecule has 0 unspecified atom stereocenters. The van der Waals surface area contributed by atoms with E-state index in [2.05, 4.69) is 19.9 Å². The summed E-state index contributed by atoms with van der Waals surface area (Å²) in [4.78, 5) is 26.3. The van der Waals surface area contributed by atoms with E-state index in [1.165, 1.54) is 6.33 Å². The molecule has 2 aromatic rings. The van der Waals surface area contributed by atoms with Crippen LogP contribution in [0.15, 0.2) is 41.9 Å². The van der Waals surface area contributed by atoms with Crippen LogP contribution in [-0.2, 0) is 11.2 Å². The quantitative estimate of drug-likeness (QED) is 0.791. The van der Waals surface area contributed by atoms with Gasteiger partial charge in [0.2, 0.25) is 0 Å². The lowest BCUT2D eigenvalue weighted by atomic mass is 10.1. The standard InChI is InChI=1S/C13H14N4O2/c1-9(11-4-2-3-5-15-11)17-12(13(18)19)6-10-7-14-8-16-10/h2-5,7-8,12H,6H2,1H3,(H,14,16)(H,18,19)/t12-/m0/s1. The van der Waals surface area contributed by atoms with Crippen molar-refractivity contribution in [3.8, 4) is 0 Å². The Hall–Kier alpha value is -2.50. The Morgan fingerprint density at radius 3 is 2.95 bits per heavy atom. The van der Waals surface area contributed by atoms with Crippen LogP contribution in [0.2, 0.25) is 0 Å². The van der Waals surface area contributed by atoms with Gasteiger partial charge in [-0.1, -0.05) is 6.07 Å². The Labute approximate surface area is 110 Å². The van der Waals surface area contributed by atoms with E-state index >= 15 is 0 Å². The monoisotopic (exact) mass is 258 g/mol. The second-order valence-electron chi connectivity index (χ2n) is 4.06. The number of hydrogen-bond donors (Lipinski definition) is 2. The van der Waals surface area contributed by atoms with Crippen molar-refractivity contribution in [2.75, 3.05) is 0 Å². The van der Waals surface area contributed by atoms with E-state index in [1.807, 2.05) is 6.07 Å². The number of H-pyrrole nitrogens is 1. The second kappa shape index (κ2) is 5.90. The van der Waals surface area contributed by atoms with Crippen LogP contribution in [0, 0.1) is 0 Å². The number of carbonyl (C=O) groups is 1. The maximum atomic E-state index is 11.2. The van der Waals surface area contributed by atoms with Gasteiger partial charge in [0.05, 0.1) is 17.7 Å². The van der Waals surface area contributed by atoms with Crippen LogP contribution in [0.4, 0.5) is 0 Å². The molecule has 0 bridgehead atoms. The van der Waals surface area contributed by atoms with Gasteiger partial charge in [0.25, 0.3) is 0 Å². The fourth-order valence-electron chi connectivity index (χ4n) is 1.67. The molecule has 0 radical (unpaired) electrons. The molecule has 98 valence electrons. The molecule has 0 fully saturated rings. The molecule has 6 heteroatoms. The van der Waals surface area contributed by atoms with Gasteiger partial charge in [0.1, 0.15) is 0 Å². The molecule has 2 aromatic heterocycles. The highest BCUT2D eigenvalue weighted by atomic mass is 16.4. The Morgan fingerprint density at radius 2 is 2.37 bits per heavy atom. The van der Waals surface area contributed by atoms with Crippen LogP contribution >= 0.6 is 0 Å². The third-order valence-electron chi connectivity index (χ3n) is 2.64. The summed E-state index contributed by atoms with van der Waals surface area (Å²) in [5, 5.41) is 9.21. The van der Waals surface area contributed by atoms with E-state index in [1.54, 1.807) is 31.5 Å². The van der Waals surface area contributed by atoms with Gasteiger partial charge in [-0.15, -0.1) is 0 Å². The molecule has 0 aromatic carbocycles. The Balaban J connectivity index is 2.18. The largest absolute Gasteiger partial charge is 0.480 e. The Bertz CT molecular complexity index is 564. The number of aromatic amines is 1. The Kier molecular flexibility index (Phi) is 4.02. The molecule has 2 heterocycles. The molecule has 0 aliphatic heterocycles. The van der Waals surface area contributed by atoms with Crippen LogP contribution in [0.1, 0.15) is 18.3 Å². The zero-order valence-corrected chi connectivity index (χ0v) is 10.4. The zero-order chi connectivity index (χ0) is 13.7. The second-order valence-corrected chi connectivity index (χ2v) is 4.06. The number of nitrogens with one attached hydrogen (secondary N) is 1. The summed E-state index contributed by atoms with van der Waals surface area (Å²) in [7, 11) is 0. The van der Waals surface area contributed by atoms with Crippen molar-refractivity contribution in [2.45, 2.75) is 19.4 Å². The number of aliphatic carboxylic acids is 1. The minimum Gasteiger partial charge on any atom is -0.480 e. The number of hydrogen-bond acceptors (Lipinski definition) is 4. The van der Waals surface area contributed by atoms with Gasteiger partial charge in [0.15, 0.2) is 6.04 Å². The van der Waals surface area contributed by atoms with Gasteiger partial charge in [-0.25, -0.2) is 9.78 Å². The van der Waals surface area contributed by atoms with Crippen molar-refractivity contribution in [3.05, 3.63) is 48.3 Å². The molecule has 6 nitrogen and oxygen atoms in total. The summed E-state index contributed by atoms with van der Waals surface area (Å²) in [5.74, 6) is -0.968. The van der Waals surface area contributed by atoms with E-state index in [9.17, 15) is 9.90 Å². The van der Waals surface area contributed by atoms with E-state index < -0.39 is 12.0 Å². The van der Waals surface area contributed by atoms with Crippen LogP contribution < -0.4 is 0 Å². The summed E-state index contributed by atoms with van der Waals surface area (Å²) in [5.41, 5.74) is 2.02. The molecular formula is C13H14N4O2. The van der Waals surface area contributed by atoms with Gasteiger partial charge >= 0.3 is 5.97 Å². The number of carboxylic acid groups (broad SMARTS) is 1. The molecule has 0 saturated carbocycles. The maximum Gasteiger partial charge on any atom is 0.328 e. The lowest BCUT2D eigenvalue weighted by molar-refractivity contribution is -0.138. The predicted molar refractivity (Wildman–Crippen MR) is 70.2 cm³/mol. The first-order valence-electron chi connectivity index (χ1n) is 5.82. The minimum atomic E-state index is -0.968. The molecule has 0 spiro atoms. The number of imidazole rings is 1. The van der Waals surface area contributed by atoms with E-state index in [0.717, 1.165) is 5.69 Å². The molecule has 19 heavy (non-hydrogen) atoms. The lowest BCUT2D eigenvalue weighted by Gasteiger charge is -2.08. The predicted octanol–water partition coefficient (Wildman–Crippen LogP) is 1.31. The summed E-state index contributed by atoms with van der Waals surface area (Å²) in [6.07, 6.45) is 5.05. The molecule has 0 aliphatic rings. The normalized spacial score (nSPS) is 13.2.